The van der Waals surface area contributed by atoms with Crippen molar-refractivity contribution in [1.82, 2.24) is 0 Å². The summed E-state index contributed by atoms with van der Waals surface area (Å²) < 4.78 is 0. The molecule has 0 bridgehead atoms. The van der Waals surface area contributed by atoms with E-state index >= 15 is 0 Å². The fourth-order valence-electron chi connectivity index (χ4n) is 2.35. The topological polar surface area (TPSA) is 72.6 Å². The van der Waals surface area contributed by atoms with Crippen molar-refractivity contribution in [2.24, 2.45) is 4.99 Å². The number of carbonyl (C=O) groups is 1. The summed E-state index contributed by atoms with van der Waals surface area (Å²) in [4.78, 5) is 27.3. The molecular formula is C20H14N2O3. The van der Waals surface area contributed by atoms with Gasteiger partial charge in [-0.2, -0.15) is 0 Å². The summed E-state index contributed by atoms with van der Waals surface area (Å²) in [5.41, 5.74) is 2.39. The van der Waals surface area contributed by atoms with E-state index in [0.717, 1.165) is 0 Å². The van der Waals surface area contributed by atoms with E-state index in [-0.39, 0.29) is 11.5 Å². The number of benzene rings is 3. The first-order chi connectivity index (χ1) is 12.1. The summed E-state index contributed by atoms with van der Waals surface area (Å²) >= 11 is 0. The molecule has 0 aliphatic rings. The molecule has 0 spiro atoms. The Morgan fingerprint density at radius 3 is 2.20 bits per heavy atom. The molecule has 0 saturated heterocycles. The Labute approximate surface area is 144 Å². The van der Waals surface area contributed by atoms with Gasteiger partial charge >= 0.3 is 0 Å². The highest BCUT2D eigenvalue weighted by Crippen LogP contribution is 2.22. The lowest BCUT2D eigenvalue weighted by molar-refractivity contribution is -0.384. The first kappa shape index (κ1) is 16.3. The lowest BCUT2D eigenvalue weighted by Crippen LogP contribution is -2.01. The molecule has 0 radical (unpaired) electrons. The van der Waals surface area contributed by atoms with E-state index in [0.29, 0.717) is 22.4 Å². The zero-order chi connectivity index (χ0) is 17.6. The maximum absolute atomic E-state index is 12.6. The minimum absolute atomic E-state index is 0.0248. The molecule has 5 nitrogen and oxygen atoms in total. The van der Waals surface area contributed by atoms with Gasteiger partial charge in [-0.3, -0.25) is 19.9 Å². The highest BCUT2D eigenvalue weighted by atomic mass is 16.6. The lowest BCUT2D eigenvalue weighted by atomic mass is 10.0. The van der Waals surface area contributed by atoms with Crippen molar-refractivity contribution in [3.63, 3.8) is 0 Å². The second kappa shape index (κ2) is 7.31. The molecule has 0 amide bonds. The lowest BCUT2D eigenvalue weighted by Gasteiger charge is -2.04. The van der Waals surface area contributed by atoms with Gasteiger partial charge in [0.15, 0.2) is 5.78 Å². The summed E-state index contributed by atoms with van der Waals surface area (Å²) in [6, 6.07) is 22.2. The Hall–Kier alpha value is -3.60. The third kappa shape index (κ3) is 3.84. The third-order valence-electron chi connectivity index (χ3n) is 3.64. The second-order valence-electron chi connectivity index (χ2n) is 5.32. The highest BCUT2D eigenvalue weighted by molar-refractivity contribution is 6.12. The summed E-state index contributed by atoms with van der Waals surface area (Å²) in [6.07, 6.45) is 1.58. The summed E-state index contributed by atoms with van der Waals surface area (Å²) in [7, 11) is 0. The number of hydrogen-bond donors (Lipinski definition) is 0. The molecule has 3 aromatic carbocycles. The Morgan fingerprint density at radius 2 is 1.52 bits per heavy atom. The number of non-ortho nitro benzene ring substituents is 1. The molecule has 0 aromatic heterocycles. The van der Waals surface area contributed by atoms with Gasteiger partial charge in [0.2, 0.25) is 0 Å². The van der Waals surface area contributed by atoms with Crippen molar-refractivity contribution in [1.29, 1.82) is 0 Å². The molecule has 0 aliphatic carbocycles. The van der Waals surface area contributed by atoms with Crippen molar-refractivity contribution in [3.05, 3.63) is 106 Å². The van der Waals surface area contributed by atoms with Gasteiger partial charge in [0.05, 0.1) is 10.6 Å². The van der Waals surface area contributed by atoms with Crippen LogP contribution in [-0.4, -0.2) is 16.9 Å². The number of ketones is 1. The fraction of sp³-hybridized carbons (Fsp3) is 0. The predicted molar refractivity (Wildman–Crippen MR) is 96.7 cm³/mol. The van der Waals surface area contributed by atoms with Crippen molar-refractivity contribution < 1.29 is 9.72 Å². The number of carbonyl (C=O) groups excluding carboxylic acids is 1. The molecule has 0 fully saturated rings. The van der Waals surface area contributed by atoms with Gasteiger partial charge in [-0.05, 0) is 29.8 Å². The highest BCUT2D eigenvalue weighted by Gasteiger charge is 2.12. The van der Waals surface area contributed by atoms with Crippen molar-refractivity contribution in [2.45, 2.75) is 0 Å². The van der Waals surface area contributed by atoms with Crippen molar-refractivity contribution in [2.75, 3.05) is 0 Å². The molecular weight excluding hydrogens is 316 g/mol. The van der Waals surface area contributed by atoms with Crippen LogP contribution in [0.2, 0.25) is 0 Å². The van der Waals surface area contributed by atoms with E-state index in [9.17, 15) is 14.9 Å². The number of rotatable bonds is 5. The van der Waals surface area contributed by atoms with Crippen LogP contribution in [0.3, 0.4) is 0 Å². The summed E-state index contributed by atoms with van der Waals surface area (Å²) in [5.74, 6) is -0.1000. The zero-order valence-electron chi connectivity index (χ0n) is 13.2. The second-order valence-corrected chi connectivity index (χ2v) is 5.32. The number of aliphatic imine (C=N–C) groups is 1. The molecule has 0 N–H and O–H groups in total. The number of hydrogen-bond acceptors (Lipinski definition) is 4. The summed E-state index contributed by atoms with van der Waals surface area (Å²) in [5, 5.41) is 10.7. The standard InChI is InChI=1S/C20H14N2O3/c23-20(16-6-2-1-3-7-16)18-8-4-5-9-19(18)21-14-15-10-12-17(13-11-15)22(24)25/h1-14H. The zero-order valence-corrected chi connectivity index (χ0v) is 13.2. The smallest absolute Gasteiger partial charge is 0.269 e. The molecule has 3 rings (SSSR count). The normalized spacial score (nSPS) is 10.7. The number of nitro groups is 1. The van der Waals surface area contributed by atoms with Gasteiger partial charge < -0.3 is 0 Å². The number of nitrogens with zero attached hydrogens (tertiary/aromatic N) is 2. The quantitative estimate of drug-likeness (QED) is 0.297. The van der Waals surface area contributed by atoms with Crippen molar-refractivity contribution >= 4 is 23.4 Å². The van der Waals surface area contributed by atoms with Crippen LogP contribution in [0.5, 0.6) is 0 Å². The van der Waals surface area contributed by atoms with Gasteiger partial charge in [-0.15, -0.1) is 0 Å². The van der Waals surface area contributed by atoms with E-state index in [1.165, 1.54) is 12.1 Å². The minimum Gasteiger partial charge on any atom is -0.289 e. The van der Waals surface area contributed by atoms with Crippen molar-refractivity contribution in [3.8, 4) is 0 Å². The molecule has 122 valence electrons. The molecule has 5 heteroatoms. The average Bonchev–Trinajstić information content (AvgIpc) is 2.67. The molecule has 25 heavy (non-hydrogen) atoms. The molecule has 0 unspecified atom stereocenters. The van der Waals surface area contributed by atoms with E-state index < -0.39 is 4.92 Å². The number of para-hydroxylation sites is 1. The molecule has 0 saturated carbocycles. The largest absolute Gasteiger partial charge is 0.289 e. The predicted octanol–water partition coefficient (Wildman–Crippen LogP) is 4.58. The van der Waals surface area contributed by atoms with Gasteiger partial charge in [0.25, 0.3) is 5.69 Å². The van der Waals surface area contributed by atoms with E-state index in [4.69, 9.17) is 0 Å². The van der Waals surface area contributed by atoms with Crippen LogP contribution in [0.4, 0.5) is 11.4 Å². The average molecular weight is 330 g/mol. The maximum Gasteiger partial charge on any atom is 0.269 e. The van der Waals surface area contributed by atoms with Gasteiger partial charge in [-0.1, -0.05) is 42.5 Å². The SMILES string of the molecule is O=C(c1ccccc1)c1ccccc1N=Cc1ccc([N+](=O)[O-])cc1. The van der Waals surface area contributed by atoms with Gasteiger partial charge in [0, 0.05) is 29.5 Å². The van der Waals surface area contributed by atoms with Crippen LogP contribution in [0, 0.1) is 10.1 Å². The van der Waals surface area contributed by atoms with Gasteiger partial charge in [0.1, 0.15) is 0 Å². The molecule has 3 aromatic rings. The maximum atomic E-state index is 12.6. The van der Waals surface area contributed by atoms with Crippen LogP contribution in [-0.2, 0) is 0 Å². The monoisotopic (exact) mass is 330 g/mol. The Bertz CT molecular complexity index is 933. The molecule has 0 aliphatic heterocycles. The van der Waals surface area contributed by atoms with Crippen LogP contribution >= 0.6 is 0 Å². The van der Waals surface area contributed by atoms with Crippen LogP contribution in [0.1, 0.15) is 21.5 Å². The minimum atomic E-state index is -0.450. The summed E-state index contributed by atoms with van der Waals surface area (Å²) in [6.45, 7) is 0. The van der Waals surface area contributed by atoms with E-state index in [1.54, 1.807) is 48.7 Å². The molecule has 0 atom stereocenters. The third-order valence-corrected chi connectivity index (χ3v) is 3.64. The number of nitro benzene ring substituents is 1. The first-order valence-electron chi connectivity index (χ1n) is 7.62. The van der Waals surface area contributed by atoms with Crippen LogP contribution in [0.15, 0.2) is 83.9 Å². The Kier molecular flexibility index (Phi) is 4.76. The Balaban J connectivity index is 1.88. The van der Waals surface area contributed by atoms with Crippen LogP contribution in [0.25, 0.3) is 0 Å². The van der Waals surface area contributed by atoms with Gasteiger partial charge in [-0.25, -0.2) is 0 Å². The Morgan fingerprint density at radius 1 is 0.880 bits per heavy atom. The fourth-order valence-corrected chi connectivity index (χ4v) is 2.35. The first-order valence-corrected chi connectivity index (χ1v) is 7.62. The van der Waals surface area contributed by atoms with E-state index in [2.05, 4.69) is 4.99 Å². The molecule has 0 heterocycles. The van der Waals surface area contributed by atoms with E-state index in [1.807, 2.05) is 24.3 Å². The van der Waals surface area contributed by atoms with Crippen LogP contribution < -0.4 is 0 Å².